The fourth-order valence-corrected chi connectivity index (χ4v) is 8.06. The summed E-state index contributed by atoms with van der Waals surface area (Å²) in [7, 11) is 4.36. The first-order valence-electron chi connectivity index (χ1n) is 20.6. The van der Waals surface area contributed by atoms with E-state index >= 15 is 0 Å². The zero-order chi connectivity index (χ0) is 35.5. The number of hydrogen-bond donors (Lipinski definition) is 0. The van der Waals surface area contributed by atoms with E-state index in [0.29, 0.717) is 20.7 Å². The summed E-state index contributed by atoms with van der Waals surface area (Å²) in [6.45, 7) is 10.0. The molecule has 0 radical (unpaired) electrons. The monoisotopic (exact) mass is 708 g/mol. The van der Waals surface area contributed by atoms with Gasteiger partial charge in [-0.05, 0) is 85.4 Å². The molecule has 0 bridgehead atoms. The third-order valence-corrected chi connectivity index (χ3v) is 11.3. The van der Waals surface area contributed by atoms with Gasteiger partial charge in [0, 0.05) is 23.3 Å². The average molecular weight is 708 g/mol. The molecule has 0 fully saturated rings. The summed E-state index contributed by atoms with van der Waals surface area (Å²) in [6.07, 6.45) is 42.3. The molecule has 0 spiro atoms. The minimum atomic E-state index is 0.304. The molecule has 0 aliphatic carbocycles. The molecule has 0 heterocycles. The van der Waals surface area contributed by atoms with E-state index in [1.54, 1.807) is 0 Å². The normalized spacial score (nSPS) is 14.0. The lowest BCUT2D eigenvalue weighted by Gasteiger charge is -2.18. The van der Waals surface area contributed by atoms with Crippen LogP contribution in [0, 0.1) is 5.92 Å². The van der Waals surface area contributed by atoms with Gasteiger partial charge in [-0.3, -0.25) is 9.59 Å². The molecule has 0 saturated carbocycles. The second-order valence-corrected chi connectivity index (χ2v) is 17.6. The Morgan fingerprint density at radius 1 is 0.521 bits per heavy atom. The summed E-state index contributed by atoms with van der Waals surface area (Å²) in [5, 5.41) is 1.34. The standard InChI is InChI=1S/C43H81NO2S2/c1-7-9-11-13-17-23-31-39(3)47-42(45)36-27-21-15-19-25-33-41(35-29-30-38-44(5)6)34-26-20-16-22-28-37-43(46)48-40(4)32-24-18-14-12-10-8-2/h23-24,31-32,39-41H,7-22,25-30,33-38H2,1-6H3/b31-23-,32-24-. The highest BCUT2D eigenvalue weighted by atomic mass is 32.2. The number of carbonyl (C=O) groups is 2. The summed E-state index contributed by atoms with van der Waals surface area (Å²) >= 11 is 3.05. The Labute approximate surface area is 309 Å². The lowest BCUT2D eigenvalue weighted by molar-refractivity contribution is -0.111. The van der Waals surface area contributed by atoms with Gasteiger partial charge in [0.25, 0.3) is 0 Å². The van der Waals surface area contributed by atoms with Crippen LogP contribution in [0.5, 0.6) is 0 Å². The minimum Gasteiger partial charge on any atom is -0.309 e. The van der Waals surface area contributed by atoms with Crippen LogP contribution in [0.15, 0.2) is 24.3 Å². The molecule has 282 valence electrons. The number of unbranched alkanes of at least 4 members (excludes halogenated alkanes) is 17. The van der Waals surface area contributed by atoms with Crippen LogP contribution >= 0.6 is 23.5 Å². The van der Waals surface area contributed by atoms with Crippen molar-refractivity contribution in [2.45, 2.75) is 212 Å². The first-order valence-corrected chi connectivity index (χ1v) is 22.4. The molecule has 0 aliphatic rings. The van der Waals surface area contributed by atoms with Crippen molar-refractivity contribution in [2.75, 3.05) is 20.6 Å². The van der Waals surface area contributed by atoms with E-state index in [1.165, 1.54) is 165 Å². The van der Waals surface area contributed by atoms with E-state index in [-0.39, 0.29) is 0 Å². The van der Waals surface area contributed by atoms with E-state index in [0.717, 1.165) is 44.4 Å². The highest BCUT2D eigenvalue weighted by Crippen LogP contribution is 2.25. The van der Waals surface area contributed by atoms with Gasteiger partial charge >= 0.3 is 0 Å². The summed E-state index contributed by atoms with van der Waals surface area (Å²) in [6, 6.07) is 0. The van der Waals surface area contributed by atoms with E-state index in [1.807, 2.05) is 0 Å². The Kier molecular flexibility index (Phi) is 35.9. The van der Waals surface area contributed by atoms with Gasteiger partial charge < -0.3 is 4.90 Å². The highest BCUT2D eigenvalue weighted by molar-refractivity contribution is 8.14. The first kappa shape index (κ1) is 47.5. The Balaban J connectivity index is 4.07. The fourth-order valence-electron chi connectivity index (χ4n) is 6.32. The van der Waals surface area contributed by atoms with Crippen molar-refractivity contribution >= 4 is 33.8 Å². The van der Waals surface area contributed by atoms with Crippen LogP contribution in [-0.2, 0) is 9.59 Å². The Morgan fingerprint density at radius 3 is 1.31 bits per heavy atom. The third-order valence-electron chi connectivity index (χ3n) is 9.35. The maximum Gasteiger partial charge on any atom is 0.189 e. The van der Waals surface area contributed by atoms with Crippen molar-refractivity contribution in [3.63, 3.8) is 0 Å². The van der Waals surface area contributed by atoms with Crippen molar-refractivity contribution in [1.82, 2.24) is 4.90 Å². The maximum absolute atomic E-state index is 12.4. The molecule has 5 heteroatoms. The fraction of sp³-hybridized carbons (Fsp3) is 0.860. The van der Waals surface area contributed by atoms with Crippen LogP contribution in [0.2, 0.25) is 0 Å². The minimum absolute atomic E-state index is 0.304. The molecule has 2 unspecified atom stereocenters. The molecule has 3 nitrogen and oxygen atoms in total. The van der Waals surface area contributed by atoms with Crippen molar-refractivity contribution in [1.29, 1.82) is 0 Å². The molecule has 2 atom stereocenters. The molecule has 0 aliphatic heterocycles. The van der Waals surface area contributed by atoms with Gasteiger partial charge in [0.2, 0.25) is 0 Å². The topological polar surface area (TPSA) is 37.4 Å². The summed E-state index contributed by atoms with van der Waals surface area (Å²) in [5.41, 5.74) is 0. The van der Waals surface area contributed by atoms with Crippen LogP contribution in [-0.4, -0.2) is 46.3 Å². The van der Waals surface area contributed by atoms with Crippen molar-refractivity contribution in [3.8, 4) is 0 Å². The molecular formula is C43H81NO2S2. The number of nitrogens with zero attached hydrogens (tertiary/aromatic N) is 1. The Hall–Kier alpha value is -0.520. The van der Waals surface area contributed by atoms with Gasteiger partial charge in [0.1, 0.15) is 0 Å². The molecular weight excluding hydrogens is 627 g/mol. The van der Waals surface area contributed by atoms with Crippen LogP contribution in [0.1, 0.15) is 201 Å². The first-order chi connectivity index (χ1) is 23.3. The van der Waals surface area contributed by atoms with Crippen molar-refractivity contribution in [2.24, 2.45) is 5.92 Å². The lowest BCUT2D eigenvalue weighted by atomic mass is 9.90. The Bertz CT molecular complexity index is 725. The molecule has 0 aromatic rings. The second-order valence-electron chi connectivity index (χ2n) is 14.7. The SMILES string of the molecule is CCCCCC/C=C\C(C)SC(=O)CCCCCCCC(CCCCCCCC(=O)SC(C)/C=C\CCCCCC)CCCCN(C)C. The summed E-state index contributed by atoms with van der Waals surface area (Å²) in [4.78, 5) is 27.1. The quantitative estimate of drug-likeness (QED) is 0.0484. The molecule has 0 amide bonds. The second kappa shape index (κ2) is 36.3. The molecule has 48 heavy (non-hydrogen) atoms. The highest BCUT2D eigenvalue weighted by Gasteiger charge is 2.11. The lowest BCUT2D eigenvalue weighted by Crippen LogP contribution is -2.13. The van der Waals surface area contributed by atoms with Crippen molar-refractivity contribution < 1.29 is 9.59 Å². The number of thioether (sulfide) groups is 2. The van der Waals surface area contributed by atoms with Crippen LogP contribution in [0.25, 0.3) is 0 Å². The predicted molar refractivity (Wildman–Crippen MR) is 220 cm³/mol. The molecule has 0 rings (SSSR count). The van der Waals surface area contributed by atoms with Crippen molar-refractivity contribution in [3.05, 3.63) is 24.3 Å². The zero-order valence-corrected chi connectivity index (χ0v) is 34.6. The molecule has 0 N–H and O–H groups in total. The number of hydrogen-bond acceptors (Lipinski definition) is 5. The Morgan fingerprint density at radius 2 is 0.896 bits per heavy atom. The van der Waals surface area contributed by atoms with Gasteiger partial charge in [-0.1, -0.05) is 177 Å². The van der Waals surface area contributed by atoms with Gasteiger partial charge in [0.05, 0.1) is 0 Å². The largest absolute Gasteiger partial charge is 0.309 e. The average Bonchev–Trinajstić information content (AvgIpc) is 3.04. The van der Waals surface area contributed by atoms with E-state index in [2.05, 4.69) is 71.0 Å². The van der Waals surface area contributed by atoms with E-state index in [9.17, 15) is 9.59 Å². The third kappa shape index (κ3) is 35.3. The van der Waals surface area contributed by atoms with Gasteiger partial charge in [-0.25, -0.2) is 0 Å². The van der Waals surface area contributed by atoms with Crippen LogP contribution < -0.4 is 0 Å². The van der Waals surface area contributed by atoms with Crippen LogP contribution in [0.3, 0.4) is 0 Å². The van der Waals surface area contributed by atoms with Gasteiger partial charge in [-0.15, -0.1) is 0 Å². The maximum atomic E-state index is 12.4. The number of allylic oxidation sites excluding steroid dienone is 2. The smallest absolute Gasteiger partial charge is 0.189 e. The summed E-state index contributed by atoms with van der Waals surface area (Å²) in [5.74, 6) is 0.866. The molecule has 0 aromatic carbocycles. The number of rotatable bonds is 35. The zero-order valence-electron chi connectivity index (χ0n) is 32.9. The summed E-state index contributed by atoms with van der Waals surface area (Å²) < 4.78 is 0. The van der Waals surface area contributed by atoms with Gasteiger partial charge in [0.15, 0.2) is 10.2 Å². The van der Waals surface area contributed by atoms with E-state index < -0.39 is 0 Å². The number of carbonyl (C=O) groups excluding carboxylic acids is 2. The van der Waals surface area contributed by atoms with E-state index in [4.69, 9.17) is 0 Å². The molecule has 0 aromatic heterocycles. The molecule has 0 saturated heterocycles. The predicted octanol–water partition coefficient (Wildman–Crippen LogP) is 14.1. The van der Waals surface area contributed by atoms with Crippen LogP contribution in [0.4, 0.5) is 0 Å². The van der Waals surface area contributed by atoms with Gasteiger partial charge in [-0.2, -0.15) is 0 Å².